The van der Waals surface area contributed by atoms with Crippen LogP contribution >= 0.6 is 0 Å². The molecule has 2 heterocycles. The van der Waals surface area contributed by atoms with Crippen molar-refractivity contribution in [3.63, 3.8) is 0 Å². The molecule has 0 saturated carbocycles. The van der Waals surface area contributed by atoms with Crippen molar-refractivity contribution in [2.75, 3.05) is 39.8 Å². The first-order valence-corrected chi connectivity index (χ1v) is 8.15. The van der Waals surface area contributed by atoms with Gasteiger partial charge in [0.2, 0.25) is 9.84 Å². The van der Waals surface area contributed by atoms with Gasteiger partial charge in [0, 0.05) is 38.3 Å². The summed E-state index contributed by atoms with van der Waals surface area (Å²) in [5.41, 5.74) is 0.427. The van der Waals surface area contributed by atoms with Gasteiger partial charge in [-0.05, 0) is 25.3 Å². The van der Waals surface area contributed by atoms with Crippen LogP contribution in [0.5, 0.6) is 5.75 Å². The van der Waals surface area contributed by atoms with Crippen molar-refractivity contribution < 1.29 is 13.5 Å². The molecule has 0 bridgehead atoms. The topological polar surface area (TPSA) is 60.9 Å². The maximum atomic E-state index is 12.5. The van der Waals surface area contributed by atoms with E-state index in [0.717, 1.165) is 26.2 Å². The molecule has 20 heavy (non-hydrogen) atoms. The summed E-state index contributed by atoms with van der Waals surface area (Å²) >= 11 is 0. The van der Waals surface area contributed by atoms with E-state index < -0.39 is 9.84 Å². The van der Waals surface area contributed by atoms with Crippen LogP contribution in [0.25, 0.3) is 6.08 Å². The average Bonchev–Trinajstić information content (AvgIpc) is 2.66. The van der Waals surface area contributed by atoms with Gasteiger partial charge in [0.05, 0.1) is 9.80 Å². The standard InChI is InChI=1S/C14H18N2O3S/c1-15-5-7-16(8-6-15)10-11-9-12-13(17)3-2-4-14(12)20(11,18)19/h2-4,9,17H,5-8,10H2,1H3. The molecule has 5 nitrogen and oxygen atoms in total. The highest BCUT2D eigenvalue weighted by Crippen LogP contribution is 2.37. The van der Waals surface area contributed by atoms with Gasteiger partial charge < -0.3 is 10.0 Å². The van der Waals surface area contributed by atoms with E-state index in [-0.39, 0.29) is 10.6 Å². The molecule has 1 fully saturated rings. The van der Waals surface area contributed by atoms with Gasteiger partial charge in [-0.1, -0.05) is 6.07 Å². The van der Waals surface area contributed by atoms with Gasteiger partial charge in [0.1, 0.15) is 5.75 Å². The lowest BCUT2D eigenvalue weighted by Gasteiger charge is -2.32. The van der Waals surface area contributed by atoms with E-state index >= 15 is 0 Å². The second-order valence-electron chi connectivity index (χ2n) is 5.38. The summed E-state index contributed by atoms with van der Waals surface area (Å²) in [5, 5.41) is 9.79. The Balaban J connectivity index is 1.86. The molecule has 108 valence electrons. The number of fused-ring (bicyclic) bond motifs is 1. The molecule has 0 atom stereocenters. The van der Waals surface area contributed by atoms with Gasteiger partial charge in [0.25, 0.3) is 0 Å². The van der Waals surface area contributed by atoms with Crippen LogP contribution in [0.3, 0.4) is 0 Å². The zero-order valence-corrected chi connectivity index (χ0v) is 12.2. The maximum absolute atomic E-state index is 12.5. The lowest BCUT2D eigenvalue weighted by molar-refractivity contribution is 0.166. The Morgan fingerprint density at radius 1 is 1.20 bits per heavy atom. The molecule has 0 radical (unpaired) electrons. The second-order valence-corrected chi connectivity index (χ2v) is 7.35. The molecule has 6 heteroatoms. The highest BCUT2D eigenvalue weighted by molar-refractivity contribution is 7.95. The molecule has 0 spiro atoms. The molecule has 0 aromatic heterocycles. The average molecular weight is 294 g/mol. The molecular weight excluding hydrogens is 276 g/mol. The van der Waals surface area contributed by atoms with Crippen LogP contribution in [0.1, 0.15) is 5.56 Å². The fourth-order valence-electron chi connectivity index (χ4n) is 2.65. The normalized spacial score (nSPS) is 22.6. The number of benzene rings is 1. The van der Waals surface area contributed by atoms with Crippen molar-refractivity contribution in [2.24, 2.45) is 0 Å². The Labute approximate surface area is 119 Å². The third-order valence-corrected chi connectivity index (χ3v) is 5.83. The quantitative estimate of drug-likeness (QED) is 0.873. The number of phenols is 1. The predicted molar refractivity (Wildman–Crippen MR) is 77.2 cm³/mol. The summed E-state index contributed by atoms with van der Waals surface area (Å²) in [6.45, 7) is 4.05. The summed E-state index contributed by atoms with van der Waals surface area (Å²) in [7, 11) is -1.37. The monoisotopic (exact) mass is 294 g/mol. The minimum atomic E-state index is -3.44. The van der Waals surface area contributed by atoms with E-state index in [0.29, 0.717) is 17.0 Å². The van der Waals surface area contributed by atoms with Crippen molar-refractivity contribution >= 4 is 15.9 Å². The highest BCUT2D eigenvalue weighted by atomic mass is 32.2. The fraction of sp³-hybridized carbons (Fsp3) is 0.429. The van der Waals surface area contributed by atoms with E-state index in [2.05, 4.69) is 16.8 Å². The van der Waals surface area contributed by atoms with Crippen LogP contribution in [0.15, 0.2) is 28.0 Å². The van der Waals surface area contributed by atoms with Crippen LogP contribution in [-0.4, -0.2) is 63.1 Å². The number of rotatable bonds is 2. The first-order valence-electron chi connectivity index (χ1n) is 6.67. The predicted octanol–water partition coefficient (Wildman–Crippen LogP) is 0.768. The summed E-state index contributed by atoms with van der Waals surface area (Å²) in [5.74, 6) is 0.0273. The van der Waals surface area contributed by atoms with Crippen LogP contribution in [-0.2, 0) is 9.84 Å². The fourth-order valence-corrected chi connectivity index (χ4v) is 4.27. The van der Waals surface area contributed by atoms with Gasteiger partial charge >= 0.3 is 0 Å². The number of aromatic hydroxyl groups is 1. The molecule has 0 unspecified atom stereocenters. The molecule has 1 aromatic rings. The number of sulfone groups is 1. The molecule has 1 saturated heterocycles. The van der Waals surface area contributed by atoms with Crippen molar-refractivity contribution in [1.82, 2.24) is 9.80 Å². The molecule has 0 aliphatic carbocycles. The maximum Gasteiger partial charge on any atom is 0.204 e. The summed E-state index contributed by atoms with van der Waals surface area (Å²) < 4.78 is 24.9. The van der Waals surface area contributed by atoms with E-state index in [1.165, 1.54) is 6.07 Å². The van der Waals surface area contributed by atoms with Gasteiger partial charge in [-0.2, -0.15) is 0 Å². The smallest absolute Gasteiger partial charge is 0.204 e. The molecule has 1 aromatic carbocycles. The number of nitrogens with zero attached hydrogens (tertiary/aromatic N) is 2. The van der Waals surface area contributed by atoms with Crippen molar-refractivity contribution in [2.45, 2.75) is 4.90 Å². The molecule has 1 N–H and O–H groups in total. The van der Waals surface area contributed by atoms with Gasteiger partial charge in [-0.15, -0.1) is 0 Å². The van der Waals surface area contributed by atoms with Crippen LogP contribution in [0.2, 0.25) is 0 Å². The second kappa shape index (κ2) is 4.87. The third-order valence-electron chi connectivity index (χ3n) is 3.96. The zero-order chi connectivity index (χ0) is 14.3. The van der Waals surface area contributed by atoms with E-state index in [1.807, 2.05) is 0 Å². The number of likely N-dealkylation sites (N-methyl/N-ethyl adjacent to an activating group) is 1. The first-order chi connectivity index (χ1) is 9.48. The summed E-state index contributed by atoms with van der Waals surface area (Å²) in [6.07, 6.45) is 1.61. The lowest BCUT2D eigenvalue weighted by Crippen LogP contribution is -2.45. The molecule has 2 aliphatic heterocycles. The number of hydrogen-bond acceptors (Lipinski definition) is 5. The largest absolute Gasteiger partial charge is 0.507 e. The highest BCUT2D eigenvalue weighted by Gasteiger charge is 2.32. The Morgan fingerprint density at radius 2 is 1.90 bits per heavy atom. The van der Waals surface area contributed by atoms with E-state index in [9.17, 15) is 13.5 Å². The Morgan fingerprint density at radius 3 is 2.55 bits per heavy atom. The third kappa shape index (κ3) is 2.24. The first kappa shape index (κ1) is 13.6. The van der Waals surface area contributed by atoms with Crippen LogP contribution in [0.4, 0.5) is 0 Å². The number of hydrogen-bond donors (Lipinski definition) is 1. The Bertz CT molecular complexity index is 659. The summed E-state index contributed by atoms with van der Waals surface area (Å²) in [6, 6.07) is 4.64. The SMILES string of the molecule is CN1CCN(CC2=Cc3c(O)cccc3S2(=O)=O)CC1. The molecule has 3 rings (SSSR count). The number of piperazine rings is 1. The van der Waals surface area contributed by atoms with Gasteiger partial charge in [-0.25, -0.2) is 8.42 Å². The van der Waals surface area contributed by atoms with Crippen molar-refractivity contribution in [3.8, 4) is 5.75 Å². The van der Waals surface area contributed by atoms with Crippen molar-refractivity contribution in [3.05, 3.63) is 28.7 Å². The molecular formula is C14H18N2O3S. The lowest BCUT2D eigenvalue weighted by atomic mass is 10.2. The van der Waals surface area contributed by atoms with Gasteiger partial charge in [-0.3, -0.25) is 4.90 Å². The molecule has 2 aliphatic rings. The van der Waals surface area contributed by atoms with Crippen LogP contribution < -0.4 is 0 Å². The van der Waals surface area contributed by atoms with E-state index in [1.54, 1.807) is 18.2 Å². The van der Waals surface area contributed by atoms with Crippen molar-refractivity contribution in [1.29, 1.82) is 0 Å². The zero-order valence-electron chi connectivity index (χ0n) is 11.4. The molecule has 0 amide bonds. The Hall–Kier alpha value is -1.37. The minimum absolute atomic E-state index is 0.0273. The van der Waals surface area contributed by atoms with E-state index in [4.69, 9.17) is 0 Å². The van der Waals surface area contributed by atoms with Gasteiger partial charge in [0.15, 0.2) is 0 Å². The summed E-state index contributed by atoms with van der Waals surface area (Å²) in [4.78, 5) is 4.99. The Kier molecular flexibility index (Phi) is 3.32. The number of phenolic OH excluding ortho intramolecular Hbond substituents is 1. The minimum Gasteiger partial charge on any atom is -0.507 e. The van der Waals surface area contributed by atoms with Crippen LogP contribution in [0, 0.1) is 0 Å².